The van der Waals surface area contributed by atoms with Gasteiger partial charge in [-0.25, -0.2) is 4.39 Å². The highest BCUT2D eigenvalue weighted by molar-refractivity contribution is 5.09. The molecule has 1 nitrogen and oxygen atoms in total. The summed E-state index contributed by atoms with van der Waals surface area (Å²) in [6, 6.07) is -6.07. The first-order chi connectivity index (χ1) is 7.25. The normalized spacial score (nSPS) is 16.2. The standard InChI is InChI=1S/C7H6F9N/c1-3(2)5(9,10)4(8)6(11,12)17(16)7(13,14)15/h4H,1H2,2H3. The molecule has 17 heavy (non-hydrogen) atoms. The molecule has 1 atom stereocenters. The second kappa shape index (κ2) is 4.39. The van der Waals surface area contributed by atoms with Gasteiger partial charge in [-0.05, 0) is 12.5 Å². The summed E-state index contributed by atoms with van der Waals surface area (Å²) in [4.78, 5) is 0. The number of allylic oxidation sites excluding steroid dienone is 1. The monoisotopic (exact) mass is 275 g/mol. The molecule has 0 aromatic rings. The minimum Gasteiger partial charge on any atom is -0.232 e. The summed E-state index contributed by atoms with van der Waals surface area (Å²) in [6.45, 7) is 2.85. The Morgan fingerprint density at radius 1 is 1.06 bits per heavy atom. The van der Waals surface area contributed by atoms with E-state index in [-0.39, 0.29) is 0 Å². The molecule has 0 spiro atoms. The number of alkyl halides is 8. The van der Waals surface area contributed by atoms with Crippen LogP contribution in [0, 0.1) is 0 Å². The molecule has 0 radical (unpaired) electrons. The molecule has 0 aliphatic carbocycles. The Bertz CT molecular complexity index is 294. The third-order valence-electron chi connectivity index (χ3n) is 1.68. The van der Waals surface area contributed by atoms with Crippen LogP contribution in [0.15, 0.2) is 12.2 Å². The van der Waals surface area contributed by atoms with Crippen LogP contribution in [0.4, 0.5) is 39.6 Å². The van der Waals surface area contributed by atoms with E-state index in [0.29, 0.717) is 6.92 Å². The molecular weight excluding hydrogens is 269 g/mol. The summed E-state index contributed by atoms with van der Waals surface area (Å²) in [5, 5.41) is -3.21. The number of rotatable bonds is 4. The van der Waals surface area contributed by atoms with Gasteiger partial charge in [-0.3, -0.25) is 0 Å². The van der Waals surface area contributed by atoms with E-state index in [2.05, 4.69) is 6.58 Å². The molecule has 0 aliphatic heterocycles. The van der Waals surface area contributed by atoms with E-state index in [1.807, 2.05) is 0 Å². The zero-order valence-corrected chi connectivity index (χ0v) is 8.13. The van der Waals surface area contributed by atoms with Crippen molar-refractivity contribution in [3.63, 3.8) is 0 Å². The molecule has 0 N–H and O–H groups in total. The van der Waals surface area contributed by atoms with Crippen LogP contribution in [0.3, 0.4) is 0 Å². The summed E-state index contributed by atoms with van der Waals surface area (Å²) in [6.07, 6.45) is -11.0. The molecule has 10 heteroatoms. The average molecular weight is 275 g/mol. The lowest BCUT2D eigenvalue weighted by molar-refractivity contribution is -0.419. The maximum atomic E-state index is 12.7. The molecule has 0 rings (SSSR count). The van der Waals surface area contributed by atoms with E-state index in [1.54, 1.807) is 0 Å². The van der Waals surface area contributed by atoms with Crippen molar-refractivity contribution < 1.29 is 39.6 Å². The van der Waals surface area contributed by atoms with Gasteiger partial charge in [0.25, 0.3) is 0 Å². The van der Waals surface area contributed by atoms with Crippen molar-refractivity contribution in [3.05, 3.63) is 12.2 Å². The highest BCUT2D eigenvalue weighted by Gasteiger charge is 2.66. The van der Waals surface area contributed by atoms with Gasteiger partial charge in [0.15, 0.2) is 0 Å². The SMILES string of the molecule is C=C(C)C(F)(F)C(F)C(F)(F)N(F)C(F)(F)F. The van der Waals surface area contributed by atoms with Crippen LogP contribution < -0.4 is 0 Å². The maximum Gasteiger partial charge on any atom is 0.492 e. The van der Waals surface area contributed by atoms with Gasteiger partial charge in [-0.1, -0.05) is 6.58 Å². The summed E-state index contributed by atoms with van der Waals surface area (Å²) in [5.41, 5.74) is -1.46. The first-order valence-electron chi connectivity index (χ1n) is 3.84. The van der Waals surface area contributed by atoms with Gasteiger partial charge in [-0.2, -0.15) is 30.7 Å². The highest BCUT2D eigenvalue weighted by atomic mass is 19.4. The molecule has 0 amide bonds. The van der Waals surface area contributed by atoms with Crippen molar-refractivity contribution >= 4 is 0 Å². The van der Waals surface area contributed by atoms with E-state index >= 15 is 0 Å². The quantitative estimate of drug-likeness (QED) is 0.326. The Labute approximate surface area is 89.4 Å². The lowest BCUT2D eigenvalue weighted by Crippen LogP contribution is -2.56. The molecule has 1 unspecified atom stereocenters. The first kappa shape index (κ1) is 16.1. The fourth-order valence-electron chi connectivity index (χ4n) is 0.703. The highest BCUT2D eigenvalue weighted by Crippen LogP contribution is 2.43. The van der Waals surface area contributed by atoms with Crippen molar-refractivity contribution in [3.8, 4) is 0 Å². The van der Waals surface area contributed by atoms with Crippen LogP contribution in [0.1, 0.15) is 6.92 Å². The van der Waals surface area contributed by atoms with Gasteiger partial charge < -0.3 is 0 Å². The van der Waals surface area contributed by atoms with Crippen molar-refractivity contribution in [2.75, 3.05) is 0 Å². The van der Waals surface area contributed by atoms with Gasteiger partial charge in [0.2, 0.25) is 6.17 Å². The van der Waals surface area contributed by atoms with Crippen LogP contribution in [0.25, 0.3) is 0 Å². The molecule has 0 saturated carbocycles. The zero-order chi connectivity index (χ0) is 14.2. The van der Waals surface area contributed by atoms with Crippen molar-refractivity contribution in [1.29, 1.82) is 0 Å². The third-order valence-corrected chi connectivity index (χ3v) is 1.68. The van der Waals surface area contributed by atoms with Gasteiger partial charge in [0.05, 0.1) is 0 Å². The number of nitrogens with zero attached hydrogens (tertiary/aromatic N) is 1. The minimum absolute atomic E-state index is 0.415. The molecule has 0 aromatic heterocycles. The summed E-state index contributed by atoms with van der Waals surface area (Å²) in [7, 11) is 0. The third kappa shape index (κ3) is 3.05. The minimum atomic E-state index is -6.31. The molecule has 0 aromatic carbocycles. The van der Waals surface area contributed by atoms with Crippen molar-refractivity contribution in [2.24, 2.45) is 0 Å². The van der Waals surface area contributed by atoms with E-state index < -0.39 is 35.1 Å². The Morgan fingerprint density at radius 3 is 1.65 bits per heavy atom. The van der Waals surface area contributed by atoms with Crippen LogP contribution >= 0.6 is 0 Å². The predicted molar refractivity (Wildman–Crippen MR) is 38.6 cm³/mol. The zero-order valence-electron chi connectivity index (χ0n) is 8.13. The van der Waals surface area contributed by atoms with Gasteiger partial charge >= 0.3 is 18.3 Å². The summed E-state index contributed by atoms with van der Waals surface area (Å²) in [5.74, 6) is -5.00. The number of hydrogen-bond donors (Lipinski definition) is 0. The predicted octanol–water partition coefficient (Wildman–Crippen LogP) is 3.84. The molecule has 0 heterocycles. The van der Waals surface area contributed by atoms with E-state index in [4.69, 9.17) is 0 Å². The van der Waals surface area contributed by atoms with E-state index in [0.717, 1.165) is 0 Å². The first-order valence-corrected chi connectivity index (χ1v) is 3.84. The number of hydrogen-bond acceptors (Lipinski definition) is 1. The Kier molecular flexibility index (Phi) is 4.15. The summed E-state index contributed by atoms with van der Waals surface area (Å²) < 4.78 is 110. The maximum absolute atomic E-state index is 12.7. The molecule has 0 aliphatic rings. The fraction of sp³-hybridized carbons (Fsp3) is 0.714. The molecule has 102 valence electrons. The lowest BCUT2D eigenvalue weighted by Gasteiger charge is -2.31. The lowest BCUT2D eigenvalue weighted by atomic mass is 10.1. The molecule has 0 saturated heterocycles. The van der Waals surface area contributed by atoms with E-state index in [9.17, 15) is 39.6 Å². The molecule has 0 bridgehead atoms. The van der Waals surface area contributed by atoms with Crippen molar-refractivity contribution in [2.45, 2.75) is 31.4 Å². The van der Waals surface area contributed by atoms with Crippen LogP contribution in [0.2, 0.25) is 0 Å². The van der Waals surface area contributed by atoms with Crippen LogP contribution in [-0.4, -0.2) is 29.6 Å². The Hall–Kier alpha value is -0.930. The van der Waals surface area contributed by atoms with Crippen LogP contribution in [0.5, 0.6) is 0 Å². The Morgan fingerprint density at radius 2 is 1.41 bits per heavy atom. The fourth-order valence-corrected chi connectivity index (χ4v) is 0.703. The van der Waals surface area contributed by atoms with Gasteiger partial charge in [0.1, 0.15) is 0 Å². The van der Waals surface area contributed by atoms with Gasteiger partial charge in [-0.15, -0.1) is 4.48 Å². The molecular formula is C7H6F9N. The Balaban J connectivity index is 5.27. The smallest absolute Gasteiger partial charge is 0.232 e. The van der Waals surface area contributed by atoms with Crippen molar-refractivity contribution in [1.82, 2.24) is 5.12 Å². The second-order valence-corrected chi connectivity index (χ2v) is 3.10. The number of halogens is 9. The molecule has 0 fully saturated rings. The topological polar surface area (TPSA) is 3.24 Å². The summed E-state index contributed by atoms with van der Waals surface area (Å²) >= 11 is 0. The largest absolute Gasteiger partial charge is 0.492 e. The van der Waals surface area contributed by atoms with Crippen LogP contribution in [-0.2, 0) is 0 Å². The second-order valence-electron chi connectivity index (χ2n) is 3.10. The van der Waals surface area contributed by atoms with E-state index in [1.165, 1.54) is 0 Å². The average Bonchev–Trinajstić information content (AvgIpc) is 2.13. The van der Waals surface area contributed by atoms with Gasteiger partial charge in [0, 0.05) is 5.12 Å².